The fraction of sp³-hybridized carbons (Fsp3) is 0.318. The molecule has 0 aliphatic carbocycles. The van der Waals surface area contributed by atoms with Gasteiger partial charge in [0.1, 0.15) is 0 Å². The summed E-state index contributed by atoms with van der Waals surface area (Å²) in [6, 6.07) is 16.4. The SMILES string of the molecule is O=C(NCCc1c[nH]c2ccccc12)C1(c2ccc(Br)cc2)CCOCC1. The Balaban J connectivity index is 1.48. The predicted octanol–water partition coefficient (Wildman–Crippen LogP) is 4.34. The standard InChI is InChI=1S/C22H23BrN2O2/c23-18-7-5-17(6-8-18)22(10-13-27-14-11-22)21(26)24-12-9-16-15-25-20-4-2-1-3-19(16)20/h1-8,15,25H,9-14H2,(H,24,26). The Morgan fingerprint density at radius 1 is 1.11 bits per heavy atom. The van der Waals surface area contributed by atoms with E-state index in [2.05, 4.69) is 50.5 Å². The molecule has 2 aromatic carbocycles. The molecular weight excluding hydrogens is 404 g/mol. The van der Waals surface area contributed by atoms with E-state index < -0.39 is 5.41 Å². The van der Waals surface area contributed by atoms with Crippen LogP contribution in [0.4, 0.5) is 0 Å². The molecule has 0 spiro atoms. The third kappa shape index (κ3) is 3.66. The summed E-state index contributed by atoms with van der Waals surface area (Å²) < 4.78 is 6.56. The molecule has 0 radical (unpaired) electrons. The Labute approximate surface area is 167 Å². The number of amides is 1. The molecule has 1 amide bonds. The van der Waals surface area contributed by atoms with Crippen molar-refractivity contribution in [1.29, 1.82) is 0 Å². The second-order valence-corrected chi connectivity index (χ2v) is 7.98. The Morgan fingerprint density at radius 3 is 2.63 bits per heavy atom. The van der Waals surface area contributed by atoms with Crippen LogP contribution in [0.15, 0.2) is 59.2 Å². The Bertz CT molecular complexity index is 927. The minimum atomic E-state index is -0.501. The van der Waals surface area contributed by atoms with Crippen molar-refractivity contribution in [2.75, 3.05) is 19.8 Å². The van der Waals surface area contributed by atoms with E-state index >= 15 is 0 Å². The monoisotopic (exact) mass is 426 g/mol. The van der Waals surface area contributed by atoms with Crippen molar-refractivity contribution in [3.8, 4) is 0 Å². The summed E-state index contributed by atoms with van der Waals surface area (Å²) in [6.45, 7) is 1.86. The van der Waals surface area contributed by atoms with Crippen LogP contribution in [-0.2, 0) is 21.4 Å². The van der Waals surface area contributed by atoms with E-state index in [9.17, 15) is 4.79 Å². The molecule has 0 saturated carbocycles. The number of fused-ring (bicyclic) bond motifs is 1. The lowest BCUT2D eigenvalue weighted by molar-refractivity contribution is -0.130. The lowest BCUT2D eigenvalue weighted by Gasteiger charge is -2.36. The molecule has 27 heavy (non-hydrogen) atoms. The minimum absolute atomic E-state index is 0.105. The number of H-pyrrole nitrogens is 1. The first kappa shape index (κ1) is 18.3. The van der Waals surface area contributed by atoms with Crippen LogP contribution in [0, 0.1) is 0 Å². The highest BCUT2D eigenvalue weighted by Gasteiger charge is 2.41. The summed E-state index contributed by atoms with van der Waals surface area (Å²) in [5.74, 6) is 0.105. The van der Waals surface area contributed by atoms with Crippen LogP contribution in [-0.4, -0.2) is 30.6 Å². The maximum absolute atomic E-state index is 13.2. The highest BCUT2D eigenvalue weighted by molar-refractivity contribution is 9.10. The first-order valence-corrected chi connectivity index (χ1v) is 10.2. The van der Waals surface area contributed by atoms with Gasteiger partial charge in [0.2, 0.25) is 5.91 Å². The second-order valence-electron chi connectivity index (χ2n) is 7.07. The number of rotatable bonds is 5. The number of hydrogen-bond acceptors (Lipinski definition) is 2. The van der Waals surface area contributed by atoms with Crippen molar-refractivity contribution in [3.63, 3.8) is 0 Å². The quantitative estimate of drug-likeness (QED) is 0.637. The molecule has 1 saturated heterocycles. The van der Waals surface area contributed by atoms with E-state index in [1.54, 1.807) is 0 Å². The molecule has 4 nitrogen and oxygen atoms in total. The van der Waals surface area contributed by atoms with Gasteiger partial charge in [-0.1, -0.05) is 46.3 Å². The second kappa shape index (κ2) is 7.87. The van der Waals surface area contributed by atoms with Crippen molar-refractivity contribution in [1.82, 2.24) is 10.3 Å². The fourth-order valence-electron chi connectivity index (χ4n) is 3.95. The molecule has 1 aromatic heterocycles. The van der Waals surface area contributed by atoms with E-state index in [1.807, 2.05) is 30.5 Å². The summed E-state index contributed by atoms with van der Waals surface area (Å²) in [7, 11) is 0. The summed E-state index contributed by atoms with van der Waals surface area (Å²) in [5.41, 5.74) is 2.93. The van der Waals surface area contributed by atoms with Crippen LogP contribution in [0.1, 0.15) is 24.0 Å². The lowest BCUT2D eigenvalue weighted by Crippen LogP contribution is -2.48. The van der Waals surface area contributed by atoms with E-state index in [0.29, 0.717) is 32.6 Å². The van der Waals surface area contributed by atoms with E-state index in [-0.39, 0.29) is 5.91 Å². The molecule has 140 valence electrons. The molecule has 0 bridgehead atoms. The van der Waals surface area contributed by atoms with E-state index in [4.69, 9.17) is 4.74 Å². The van der Waals surface area contributed by atoms with Gasteiger partial charge in [0.05, 0.1) is 5.41 Å². The minimum Gasteiger partial charge on any atom is -0.381 e. The van der Waals surface area contributed by atoms with Crippen LogP contribution >= 0.6 is 15.9 Å². The Morgan fingerprint density at radius 2 is 1.85 bits per heavy atom. The zero-order valence-electron chi connectivity index (χ0n) is 15.1. The number of nitrogens with one attached hydrogen (secondary N) is 2. The molecule has 2 heterocycles. The highest BCUT2D eigenvalue weighted by atomic mass is 79.9. The van der Waals surface area contributed by atoms with Gasteiger partial charge in [-0.25, -0.2) is 0 Å². The number of aromatic amines is 1. The van der Waals surface area contributed by atoms with E-state index in [0.717, 1.165) is 22.0 Å². The number of para-hydroxylation sites is 1. The number of benzene rings is 2. The van der Waals surface area contributed by atoms with Gasteiger partial charge in [-0.3, -0.25) is 4.79 Å². The molecule has 0 unspecified atom stereocenters. The lowest BCUT2D eigenvalue weighted by atomic mass is 9.73. The zero-order valence-corrected chi connectivity index (χ0v) is 16.7. The first-order valence-electron chi connectivity index (χ1n) is 9.36. The number of carbonyl (C=O) groups excluding carboxylic acids is 1. The van der Waals surface area contributed by atoms with Crippen molar-refractivity contribution in [2.45, 2.75) is 24.7 Å². The molecule has 2 N–H and O–H groups in total. The van der Waals surface area contributed by atoms with Gasteiger partial charge in [-0.15, -0.1) is 0 Å². The number of carbonyl (C=O) groups is 1. The van der Waals surface area contributed by atoms with Gasteiger partial charge in [0, 0.05) is 41.3 Å². The van der Waals surface area contributed by atoms with Gasteiger partial charge in [0.15, 0.2) is 0 Å². The average Bonchev–Trinajstić information content (AvgIpc) is 3.12. The van der Waals surface area contributed by atoms with Crippen molar-refractivity contribution >= 4 is 32.7 Å². The molecule has 4 rings (SSSR count). The Kier molecular flexibility index (Phi) is 5.32. The molecule has 0 atom stereocenters. The molecule has 1 aliphatic heterocycles. The smallest absolute Gasteiger partial charge is 0.230 e. The number of ether oxygens (including phenoxy) is 1. The van der Waals surface area contributed by atoms with Crippen molar-refractivity contribution < 1.29 is 9.53 Å². The van der Waals surface area contributed by atoms with Gasteiger partial charge in [-0.2, -0.15) is 0 Å². The third-order valence-electron chi connectivity index (χ3n) is 5.53. The van der Waals surface area contributed by atoms with Gasteiger partial charge in [-0.05, 0) is 48.6 Å². The molecular formula is C22H23BrN2O2. The first-order chi connectivity index (χ1) is 13.2. The van der Waals surface area contributed by atoms with Crippen LogP contribution in [0.3, 0.4) is 0 Å². The summed E-state index contributed by atoms with van der Waals surface area (Å²) in [5, 5.41) is 4.41. The maximum Gasteiger partial charge on any atom is 0.230 e. The molecule has 3 aromatic rings. The predicted molar refractivity (Wildman–Crippen MR) is 111 cm³/mol. The number of aromatic nitrogens is 1. The van der Waals surface area contributed by atoms with Crippen LogP contribution in [0.5, 0.6) is 0 Å². The zero-order chi connectivity index (χ0) is 18.7. The molecule has 1 fully saturated rings. The van der Waals surface area contributed by atoms with Crippen LogP contribution < -0.4 is 5.32 Å². The van der Waals surface area contributed by atoms with Gasteiger partial charge in [0.25, 0.3) is 0 Å². The molecule has 5 heteroatoms. The van der Waals surface area contributed by atoms with Crippen molar-refractivity contribution in [2.24, 2.45) is 0 Å². The number of halogens is 1. The summed E-state index contributed by atoms with van der Waals surface area (Å²) in [6.07, 6.45) is 4.28. The third-order valence-corrected chi connectivity index (χ3v) is 6.06. The van der Waals surface area contributed by atoms with E-state index in [1.165, 1.54) is 10.9 Å². The maximum atomic E-state index is 13.2. The topological polar surface area (TPSA) is 54.1 Å². The van der Waals surface area contributed by atoms with Gasteiger partial charge >= 0.3 is 0 Å². The largest absolute Gasteiger partial charge is 0.381 e. The molecule has 1 aliphatic rings. The number of hydrogen-bond donors (Lipinski definition) is 2. The normalized spacial score (nSPS) is 16.3. The van der Waals surface area contributed by atoms with Crippen LogP contribution in [0.25, 0.3) is 10.9 Å². The fourth-order valence-corrected chi connectivity index (χ4v) is 4.22. The average molecular weight is 427 g/mol. The Hall–Kier alpha value is -2.11. The van der Waals surface area contributed by atoms with Gasteiger partial charge < -0.3 is 15.0 Å². The summed E-state index contributed by atoms with van der Waals surface area (Å²) >= 11 is 3.48. The van der Waals surface area contributed by atoms with Crippen LogP contribution in [0.2, 0.25) is 0 Å². The van der Waals surface area contributed by atoms with Crippen molar-refractivity contribution in [3.05, 3.63) is 70.3 Å². The highest BCUT2D eigenvalue weighted by Crippen LogP contribution is 2.35. The summed E-state index contributed by atoms with van der Waals surface area (Å²) in [4.78, 5) is 16.5.